The lowest BCUT2D eigenvalue weighted by Gasteiger charge is -2.07. The Balaban J connectivity index is 1.63. The molecular formula is C16H14F2N6OS. The van der Waals surface area contributed by atoms with Gasteiger partial charge in [0.15, 0.2) is 5.82 Å². The highest BCUT2D eigenvalue weighted by Crippen LogP contribution is 2.29. The molecule has 4 rings (SSSR count). The van der Waals surface area contributed by atoms with E-state index in [0.29, 0.717) is 27.8 Å². The third-order valence-corrected chi connectivity index (χ3v) is 4.90. The van der Waals surface area contributed by atoms with Crippen LogP contribution in [0.2, 0.25) is 0 Å². The van der Waals surface area contributed by atoms with Crippen molar-refractivity contribution in [2.24, 2.45) is 0 Å². The molecule has 10 heteroatoms. The number of thioether (sulfide) groups is 1. The van der Waals surface area contributed by atoms with Crippen molar-refractivity contribution in [2.45, 2.75) is 24.4 Å². The smallest absolute Gasteiger partial charge is 0.320 e. The van der Waals surface area contributed by atoms with Crippen molar-refractivity contribution in [3.63, 3.8) is 0 Å². The SMILES string of the molecule is Cc1occc1-c1nnc(SCc2nc3ccccc3n2C(F)F)n1N. The maximum Gasteiger partial charge on any atom is 0.320 e. The van der Waals surface area contributed by atoms with Gasteiger partial charge in [-0.2, -0.15) is 8.78 Å². The molecule has 0 aliphatic carbocycles. The first-order valence-electron chi connectivity index (χ1n) is 7.68. The number of nitrogens with zero attached hydrogens (tertiary/aromatic N) is 5. The Morgan fingerprint density at radius 3 is 2.77 bits per heavy atom. The van der Waals surface area contributed by atoms with Gasteiger partial charge < -0.3 is 10.3 Å². The molecule has 0 radical (unpaired) electrons. The average molecular weight is 376 g/mol. The summed E-state index contributed by atoms with van der Waals surface area (Å²) in [5, 5.41) is 8.50. The van der Waals surface area contributed by atoms with Crippen molar-refractivity contribution in [1.29, 1.82) is 0 Å². The number of nitrogens with two attached hydrogens (primary N) is 1. The fourth-order valence-corrected chi connectivity index (χ4v) is 3.51. The summed E-state index contributed by atoms with van der Waals surface area (Å²) in [7, 11) is 0. The zero-order valence-electron chi connectivity index (χ0n) is 13.6. The number of aromatic nitrogens is 5. The van der Waals surface area contributed by atoms with E-state index in [9.17, 15) is 8.78 Å². The number of halogens is 2. The van der Waals surface area contributed by atoms with E-state index in [0.717, 1.165) is 10.1 Å². The number of para-hydroxylation sites is 2. The Kier molecular flexibility index (Phi) is 4.11. The van der Waals surface area contributed by atoms with Crippen LogP contribution in [0.5, 0.6) is 0 Å². The maximum atomic E-state index is 13.5. The molecule has 0 unspecified atom stereocenters. The van der Waals surface area contributed by atoms with Crippen molar-refractivity contribution in [2.75, 3.05) is 5.84 Å². The van der Waals surface area contributed by atoms with Crippen LogP contribution in [0.1, 0.15) is 18.1 Å². The van der Waals surface area contributed by atoms with Gasteiger partial charge in [-0.25, -0.2) is 9.66 Å². The number of alkyl halides is 2. The molecule has 0 aliphatic heterocycles. The van der Waals surface area contributed by atoms with Crippen LogP contribution >= 0.6 is 11.8 Å². The van der Waals surface area contributed by atoms with Crippen LogP contribution in [0.4, 0.5) is 8.78 Å². The Bertz CT molecular complexity index is 1070. The van der Waals surface area contributed by atoms with Crippen LogP contribution in [-0.4, -0.2) is 24.4 Å². The molecule has 2 N–H and O–H groups in total. The third-order valence-electron chi connectivity index (χ3n) is 3.96. The number of benzene rings is 1. The number of furan rings is 1. The zero-order chi connectivity index (χ0) is 18.3. The van der Waals surface area contributed by atoms with Crippen molar-refractivity contribution in [3.05, 3.63) is 48.2 Å². The molecule has 1 aromatic carbocycles. The Morgan fingerprint density at radius 1 is 1.23 bits per heavy atom. The molecule has 0 fully saturated rings. The molecule has 4 aromatic rings. The number of hydrogen-bond acceptors (Lipinski definition) is 6. The first-order valence-corrected chi connectivity index (χ1v) is 8.66. The van der Waals surface area contributed by atoms with E-state index in [4.69, 9.17) is 10.3 Å². The van der Waals surface area contributed by atoms with Gasteiger partial charge in [-0.05, 0) is 25.1 Å². The molecular weight excluding hydrogens is 362 g/mol. The number of aryl methyl sites for hydroxylation is 1. The lowest BCUT2D eigenvalue weighted by molar-refractivity contribution is 0.0722. The minimum Gasteiger partial charge on any atom is -0.469 e. The van der Waals surface area contributed by atoms with E-state index in [-0.39, 0.29) is 11.6 Å². The van der Waals surface area contributed by atoms with Crippen LogP contribution in [0.15, 0.2) is 46.2 Å². The number of fused-ring (bicyclic) bond motifs is 1. The first kappa shape index (κ1) is 16.6. The number of hydrogen-bond donors (Lipinski definition) is 1. The van der Waals surface area contributed by atoms with Crippen LogP contribution < -0.4 is 5.84 Å². The summed E-state index contributed by atoms with van der Waals surface area (Å²) >= 11 is 1.19. The van der Waals surface area contributed by atoms with Crippen LogP contribution in [0.25, 0.3) is 22.4 Å². The minimum absolute atomic E-state index is 0.179. The first-order chi connectivity index (χ1) is 12.6. The van der Waals surface area contributed by atoms with Crippen LogP contribution in [0, 0.1) is 6.92 Å². The lowest BCUT2D eigenvalue weighted by Crippen LogP contribution is -2.12. The summed E-state index contributed by atoms with van der Waals surface area (Å²) in [6.07, 6.45) is 1.54. The predicted octanol–water partition coefficient (Wildman–Crippen LogP) is 3.60. The molecule has 7 nitrogen and oxygen atoms in total. The quantitative estimate of drug-likeness (QED) is 0.423. The molecule has 3 heterocycles. The fraction of sp³-hybridized carbons (Fsp3) is 0.188. The Hall–Kier alpha value is -2.88. The fourth-order valence-electron chi connectivity index (χ4n) is 2.72. The molecule has 0 saturated heterocycles. The van der Waals surface area contributed by atoms with Gasteiger partial charge in [0.1, 0.15) is 11.6 Å². The van der Waals surface area contributed by atoms with Crippen molar-refractivity contribution >= 4 is 22.8 Å². The van der Waals surface area contributed by atoms with E-state index in [2.05, 4.69) is 15.2 Å². The van der Waals surface area contributed by atoms with E-state index >= 15 is 0 Å². The molecule has 0 bridgehead atoms. The molecule has 134 valence electrons. The highest BCUT2D eigenvalue weighted by molar-refractivity contribution is 7.98. The Labute approximate surface area is 150 Å². The highest BCUT2D eigenvalue weighted by Gasteiger charge is 2.20. The molecule has 0 spiro atoms. The summed E-state index contributed by atoms with van der Waals surface area (Å²) in [5.74, 6) is 7.59. The molecule has 0 atom stereocenters. The summed E-state index contributed by atoms with van der Waals surface area (Å²) in [6.45, 7) is -0.889. The highest BCUT2D eigenvalue weighted by atomic mass is 32.2. The Morgan fingerprint density at radius 2 is 2.04 bits per heavy atom. The van der Waals surface area contributed by atoms with Gasteiger partial charge >= 0.3 is 6.55 Å². The van der Waals surface area contributed by atoms with Crippen LogP contribution in [0.3, 0.4) is 0 Å². The summed E-state index contributed by atoms with van der Waals surface area (Å²) in [6, 6.07) is 8.53. The summed E-state index contributed by atoms with van der Waals surface area (Å²) < 4.78 is 34.4. The second-order valence-corrected chi connectivity index (χ2v) is 6.46. The largest absolute Gasteiger partial charge is 0.469 e. The minimum atomic E-state index is -2.68. The lowest BCUT2D eigenvalue weighted by atomic mass is 10.2. The van der Waals surface area contributed by atoms with Gasteiger partial charge in [-0.15, -0.1) is 10.2 Å². The topological polar surface area (TPSA) is 87.7 Å². The van der Waals surface area contributed by atoms with E-state index in [1.54, 1.807) is 37.3 Å². The zero-order valence-corrected chi connectivity index (χ0v) is 14.5. The van der Waals surface area contributed by atoms with Crippen molar-refractivity contribution in [1.82, 2.24) is 24.4 Å². The number of imidazole rings is 1. The average Bonchev–Trinajstić information content (AvgIpc) is 3.29. The normalized spacial score (nSPS) is 11.7. The molecule has 0 amide bonds. The van der Waals surface area contributed by atoms with E-state index < -0.39 is 6.55 Å². The van der Waals surface area contributed by atoms with Crippen molar-refractivity contribution < 1.29 is 13.2 Å². The standard InChI is InChI=1S/C16H14F2N6OS/c1-9-10(6-7-25-9)14-21-22-16(24(14)19)26-8-13-20-11-4-2-3-5-12(11)23(13)15(17)18/h2-7,15H,8,19H2,1H3. The van der Waals surface area contributed by atoms with Gasteiger partial charge in [0.25, 0.3) is 0 Å². The number of rotatable bonds is 5. The molecule has 0 aliphatic rings. The maximum absolute atomic E-state index is 13.5. The van der Waals surface area contributed by atoms with Gasteiger partial charge in [-0.1, -0.05) is 23.9 Å². The predicted molar refractivity (Wildman–Crippen MR) is 93.2 cm³/mol. The van der Waals surface area contributed by atoms with Gasteiger partial charge in [0.2, 0.25) is 5.16 Å². The summed E-state index contributed by atoms with van der Waals surface area (Å²) in [5.41, 5.74) is 1.64. The monoisotopic (exact) mass is 376 g/mol. The second kappa shape index (κ2) is 6.45. The third kappa shape index (κ3) is 2.71. The second-order valence-electron chi connectivity index (χ2n) is 5.52. The number of nitrogen functional groups attached to an aromatic ring is 1. The van der Waals surface area contributed by atoms with Gasteiger partial charge in [-0.3, -0.25) is 4.57 Å². The van der Waals surface area contributed by atoms with Gasteiger partial charge in [0.05, 0.1) is 28.6 Å². The van der Waals surface area contributed by atoms with E-state index in [1.165, 1.54) is 22.7 Å². The molecule has 0 saturated carbocycles. The van der Waals surface area contributed by atoms with Crippen LogP contribution in [-0.2, 0) is 5.75 Å². The molecule has 3 aromatic heterocycles. The summed E-state index contributed by atoms with van der Waals surface area (Å²) in [4.78, 5) is 4.30. The van der Waals surface area contributed by atoms with Crippen molar-refractivity contribution in [3.8, 4) is 11.4 Å². The van der Waals surface area contributed by atoms with E-state index in [1.807, 2.05) is 0 Å². The molecule has 26 heavy (non-hydrogen) atoms. The van der Waals surface area contributed by atoms with Gasteiger partial charge in [0, 0.05) is 0 Å².